The quantitative estimate of drug-likeness (QED) is 0.870. The molecule has 2 aliphatic rings. The minimum Gasteiger partial charge on any atom is -0.329 e. The van der Waals surface area contributed by atoms with Crippen LogP contribution < -0.4 is 10.6 Å². The van der Waals surface area contributed by atoms with Gasteiger partial charge in [0.15, 0.2) is 5.78 Å². The van der Waals surface area contributed by atoms with Crippen LogP contribution >= 0.6 is 0 Å². The number of hydrogen-bond donors (Lipinski definition) is 2. The molecule has 0 fully saturated rings. The van der Waals surface area contributed by atoms with Crippen LogP contribution in [0.3, 0.4) is 0 Å². The van der Waals surface area contributed by atoms with Gasteiger partial charge in [-0.15, -0.1) is 0 Å². The molecule has 0 bridgehead atoms. The summed E-state index contributed by atoms with van der Waals surface area (Å²) in [5, 5.41) is 5.72. The Hall–Kier alpha value is -2.43. The molecule has 0 spiro atoms. The van der Waals surface area contributed by atoms with Gasteiger partial charge in [-0.25, -0.2) is 0 Å². The summed E-state index contributed by atoms with van der Waals surface area (Å²) >= 11 is 0. The Morgan fingerprint density at radius 3 is 2.54 bits per heavy atom. The van der Waals surface area contributed by atoms with Crippen molar-refractivity contribution in [1.29, 1.82) is 0 Å². The smallest absolute Gasteiger partial charge is 0.228 e. The van der Waals surface area contributed by atoms with Gasteiger partial charge in [-0.05, 0) is 42.4 Å². The standard InChI is InChI=1S/C21H26N2O3/c1-4-13-5-7-15(8-6-13)22-19(25)10-14-9-16-17(23-20(14)26)11-21(2,3)12-18(16)24/h5-8,14H,4,9-12H2,1-3H3,(H,22,25)(H,23,26)/t14-/m1/s1. The molecule has 1 aliphatic carbocycles. The number of carbonyl (C=O) groups is 3. The maximum absolute atomic E-state index is 12.4. The molecule has 0 saturated carbocycles. The van der Waals surface area contributed by atoms with Crippen molar-refractivity contribution in [1.82, 2.24) is 5.32 Å². The fraction of sp³-hybridized carbons (Fsp3) is 0.476. The highest BCUT2D eigenvalue weighted by Gasteiger charge is 2.39. The van der Waals surface area contributed by atoms with Crippen molar-refractivity contribution in [2.24, 2.45) is 11.3 Å². The summed E-state index contributed by atoms with van der Waals surface area (Å²) in [6.45, 7) is 6.14. The lowest BCUT2D eigenvalue weighted by Crippen LogP contribution is -2.43. The van der Waals surface area contributed by atoms with Gasteiger partial charge in [-0.3, -0.25) is 14.4 Å². The van der Waals surface area contributed by atoms with Gasteiger partial charge in [0.1, 0.15) is 0 Å². The lowest BCUT2D eigenvalue weighted by molar-refractivity contribution is -0.129. The molecule has 1 atom stereocenters. The zero-order valence-electron chi connectivity index (χ0n) is 15.6. The number of anilines is 1. The van der Waals surface area contributed by atoms with Crippen molar-refractivity contribution in [3.05, 3.63) is 41.1 Å². The monoisotopic (exact) mass is 354 g/mol. The van der Waals surface area contributed by atoms with Crippen LogP contribution in [0.1, 0.15) is 52.0 Å². The Bertz CT molecular complexity index is 775. The average Bonchev–Trinajstić information content (AvgIpc) is 2.56. The van der Waals surface area contributed by atoms with E-state index in [1.165, 1.54) is 5.56 Å². The number of allylic oxidation sites excluding steroid dienone is 2. The van der Waals surface area contributed by atoms with Crippen molar-refractivity contribution >= 4 is 23.3 Å². The Morgan fingerprint density at radius 2 is 1.88 bits per heavy atom. The van der Waals surface area contributed by atoms with E-state index in [9.17, 15) is 14.4 Å². The van der Waals surface area contributed by atoms with Gasteiger partial charge in [0.05, 0.1) is 5.92 Å². The number of carbonyl (C=O) groups excluding carboxylic acids is 3. The van der Waals surface area contributed by atoms with Crippen molar-refractivity contribution in [2.75, 3.05) is 5.32 Å². The van der Waals surface area contributed by atoms with E-state index in [1.807, 2.05) is 38.1 Å². The van der Waals surface area contributed by atoms with Gasteiger partial charge in [0, 0.05) is 29.8 Å². The van der Waals surface area contributed by atoms with E-state index in [4.69, 9.17) is 0 Å². The van der Waals surface area contributed by atoms with E-state index < -0.39 is 5.92 Å². The Kier molecular flexibility index (Phi) is 4.99. The van der Waals surface area contributed by atoms with E-state index in [1.54, 1.807) is 0 Å². The molecule has 0 saturated heterocycles. The molecule has 138 valence electrons. The molecule has 0 radical (unpaired) electrons. The molecule has 2 N–H and O–H groups in total. The predicted molar refractivity (Wildman–Crippen MR) is 100 cm³/mol. The first kappa shape index (κ1) is 18.4. The Labute approximate surface area is 154 Å². The fourth-order valence-electron chi connectivity index (χ4n) is 3.73. The third-order valence-electron chi connectivity index (χ3n) is 5.17. The number of ketones is 1. The van der Waals surface area contributed by atoms with E-state index >= 15 is 0 Å². The topological polar surface area (TPSA) is 75.3 Å². The van der Waals surface area contributed by atoms with Gasteiger partial charge < -0.3 is 10.6 Å². The molecule has 5 heteroatoms. The molecule has 5 nitrogen and oxygen atoms in total. The summed E-state index contributed by atoms with van der Waals surface area (Å²) in [7, 11) is 0. The van der Waals surface area contributed by atoms with Gasteiger partial charge in [0.25, 0.3) is 0 Å². The second kappa shape index (κ2) is 7.06. The zero-order chi connectivity index (χ0) is 18.9. The van der Waals surface area contributed by atoms with Crippen molar-refractivity contribution in [3.8, 4) is 0 Å². The molecule has 0 unspecified atom stereocenters. The van der Waals surface area contributed by atoms with Crippen LogP contribution in [0.5, 0.6) is 0 Å². The summed E-state index contributed by atoms with van der Waals surface area (Å²) < 4.78 is 0. The predicted octanol–water partition coefficient (Wildman–Crippen LogP) is 3.36. The molecule has 1 aliphatic heterocycles. The van der Waals surface area contributed by atoms with E-state index in [2.05, 4.69) is 17.6 Å². The minimum absolute atomic E-state index is 0.0782. The second-order valence-electron chi connectivity index (χ2n) is 8.09. The molecule has 2 amide bonds. The normalized spacial score (nSPS) is 21.9. The number of benzene rings is 1. The molecular weight excluding hydrogens is 328 g/mol. The van der Waals surface area contributed by atoms with Gasteiger partial charge >= 0.3 is 0 Å². The van der Waals surface area contributed by atoms with Crippen LogP contribution in [0.2, 0.25) is 0 Å². The highest BCUT2D eigenvalue weighted by Crippen LogP contribution is 2.40. The first-order valence-electron chi connectivity index (χ1n) is 9.22. The third kappa shape index (κ3) is 4.03. The fourth-order valence-corrected chi connectivity index (χ4v) is 3.73. The van der Waals surface area contributed by atoms with Crippen molar-refractivity contribution in [3.63, 3.8) is 0 Å². The summed E-state index contributed by atoms with van der Waals surface area (Å²) in [4.78, 5) is 37.2. The first-order valence-corrected chi connectivity index (χ1v) is 9.22. The molecule has 1 aromatic rings. The second-order valence-corrected chi connectivity index (χ2v) is 8.09. The van der Waals surface area contributed by atoms with Crippen LogP contribution in [0.4, 0.5) is 5.69 Å². The summed E-state index contributed by atoms with van der Waals surface area (Å²) in [5.41, 5.74) is 3.25. The summed E-state index contributed by atoms with van der Waals surface area (Å²) in [6, 6.07) is 7.68. The molecule has 0 aromatic heterocycles. The van der Waals surface area contributed by atoms with Gasteiger partial charge in [-0.1, -0.05) is 32.9 Å². The van der Waals surface area contributed by atoms with E-state index in [0.29, 0.717) is 24.8 Å². The summed E-state index contributed by atoms with van der Waals surface area (Å²) in [6.07, 6.45) is 2.57. The van der Waals surface area contributed by atoms with Crippen LogP contribution in [0, 0.1) is 11.3 Å². The Morgan fingerprint density at radius 1 is 1.19 bits per heavy atom. The molecule has 1 aromatic carbocycles. The zero-order valence-corrected chi connectivity index (χ0v) is 15.6. The van der Waals surface area contributed by atoms with Crippen molar-refractivity contribution in [2.45, 2.75) is 52.9 Å². The Balaban J connectivity index is 1.65. The SMILES string of the molecule is CCc1ccc(NC(=O)C[C@H]2CC3=C(CC(C)(C)CC3=O)NC2=O)cc1. The number of nitrogens with one attached hydrogen (secondary N) is 2. The summed E-state index contributed by atoms with van der Waals surface area (Å²) in [5.74, 6) is -0.765. The molecular formula is C21H26N2O3. The lowest BCUT2D eigenvalue weighted by atomic mass is 9.72. The lowest BCUT2D eigenvalue weighted by Gasteiger charge is -2.36. The van der Waals surface area contributed by atoms with Gasteiger partial charge in [0.2, 0.25) is 11.8 Å². The number of rotatable bonds is 4. The van der Waals surface area contributed by atoms with Crippen LogP contribution in [-0.2, 0) is 20.8 Å². The molecule has 3 rings (SSSR count). The van der Waals surface area contributed by atoms with Crippen LogP contribution in [0.25, 0.3) is 0 Å². The van der Waals surface area contributed by atoms with Gasteiger partial charge in [-0.2, -0.15) is 0 Å². The highest BCUT2D eigenvalue weighted by atomic mass is 16.2. The number of aryl methyl sites for hydroxylation is 1. The average molecular weight is 354 g/mol. The van der Waals surface area contributed by atoms with E-state index in [0.717, 1.165) is 17.8 Å². The van der Waals surface area contributed by atoms with Crippen LogP contribution in [0.15, 0.2) is 35.5 Å². The number of amides is 2. The van der Waals surface area contributed by atoms with Crippen LogP contribution in [-0.4, -0.2) is 17.6 Å². The van der Waals surface area contributed by atoms with Crippen molar-refractivity contribution < 1.29 is 14.4 Å². The highest BCUT2D eigenvalue weighted by molar-refractivity contribution is 6.02. The number of hydrogen-bond acceptors (Lipinski definition) is 3. The molecule has 26 heavy (non-hydrogen) atoms. The number of Topliss-reactive ketones (excluding diaryl/α,β-unsaturated/α-hetero) is 1. The maximum atomic E-state index is 12.4. The van der Waals surface area contributed by atoms with E-state index in [-0.39, 0.29) is 29.4 Å². The third-order valence-corrected chi connectivity index (χ3v) is 5.17. The largest absolute Gasteiger partial charge is 0.329 e. The first-order chi connectivity index (χ1) is 12.3. The molecule has 1 heterocycles. The minimum atomic E-state index is -0.492. The maximum Gasteiger partial charge on any atom is 0.228 e.